The van der Waals surface area contributed by atoms with E-state index >= 15 is 0 Å². The first-order valence-corrected chi connectivity index (χ1v) is 9.48. The van der Waals surface area contributed by atoms with E-state index in [0.29, 0.717) is 6.54 Å². The number of fused-ring (bicyclic) bond motifs is 1. The molecule has 2 aromatic carbocycles. The molecule has 0 bridgehead atoms. The molecule has 1 atom stereocenters. The molecule has 0 radical (unpaired) electrons. The summed E-state index contributed by atoms with van der Waals surface area (Å²) in [6.07, 6.45) is 2.62. The Bertz CT molecular complexity index is 881. The van der Waals surface area contributed by atoms with E-state index in [1.807, 2.05) is 24.3 Å². The van der Waals surface area contributed by atoms with Crippen molar-refractivity contribution in [1.82, 2.24) is 0 Å². The van der Waals surface area contributed by atoms with Crippen molar-refractivity contribution in [2.75, 3.05) is 18.6 Å². The Morgan fingerprint density at radius 3 is 2.88 bits per heavy atom. The second kappa shape index (κ2) is 7.46. The number of ether oxygens (including phenoxy) is 1. The van der Waals surface area contributed by atoms with Crippen molar-refractivity contribution < 1.29 is 13.5 Å². The third-order valence-electron chi connectivity index (χ3n) is 4.59. The lowest BCUT2D eigenvalue weighted by Crippen LogP contribution is -2.23. The number of anilines is 1. The van der Waals surface area contributed by atoms with Crippen molar-refractivity contribution in [3.05, 3.63) is 78.0 Å². The molecule has 1 aliphatic rings. The van der Waals surface area contributed by atoms with Gasteiger partial charge in [0.15, 0.2) is 0 Å². The van der Waals surface area contributed by atoms with Gasteiger partial charge in [0.2, 0.25) is 0 Å². The summed E-state index contributed by atoms with van der Waals surface area (Å²) < 4.78 is 24.7. The Kier molecular flexibility index (Phi) is 4.89. The molecule has 5 heteroatoms. The fraction of sp³-hybridized carbons (Fsp3) is 0.238. The lowest BCUT2D eigenvalue weighted by atomic mass is 10.1. The van der Waals surface area contributed by atoms with Crippen LogP contribution in [0.5, 0.6) is 5.75 Å². The summed E-state index contributed by atoms with van der Waals surface area (Å²) in [6.45, 7) is 1.58. The topological polar surface area (TPSA) is 25.6 Å². The van der Waals surface area contributed by atoms with Crippen molar-refractivity contribution in [2.24, 2.45) is 0 Å². The van der Waals surface area contributed by atoms with E-state index in [1.165, 1.54) is 6.07 Å². The Morgan fingerprint density at radius 2 is 2.12 bits per heavy atom. The normalized spacial score (nSPS) is 16.8. The van der Waals surface area contributed by atoms with Crippen LogP contribution in [0, 0.1) is 5.82 Å². The fourth-order valence-corrected chi connectivity index (χ4v) is 4.59. The van der Waals surface area contributed by atoms with Crippen LogP contribution in [0.4, 0.5) is 10.1 Å². The maximum absolute atomic E-state index is 13.7. The molecule has 0 saturated heterocycles. The third kappa shape index (κ3) is 3.58. The molecular formula is C21H20FNO2S. The zero-order valence-electron chi connectivity index (χ0n) is 14.5. The molecule has 0 fully saturated rings. The molecule has 2 heterocycles. The molecule has 0 saturated carbocycles. The number of hydrogen-bond acceptors (Lipinski definition) is 4. The Morgan fingerprint density at radius 1 is 1.19 bits per heavy atom. The summed E-state index contributed by atoms with van der Waals surface area (Å²) in [4.78, 5) is 3.46. The van der Waals surface area contributed by atoms with Crippen LogP contribution in [0.3, 0.4) is 0 Å². The number of furan rings is 1. The van der Waals surface area contributed by atoms with E-state index in [4.69, 9.17) is 9.15 Å². The summed E-state index contributed by atoms with van der Waals surface area (Å²) in [6, 6.07) is 17.0. The first kappa shape index (κ1) is 17.0. The SMILES string of the molecule is COc1ccc2c(c1)SC(c1cccc(F)c1)CCN2Cc1ccco1. The Hall–Kier alpha value is -2.40. The first-order valence-electron chi connectivity index (χ1n) is 8.60. The maximum Gasteiger partial charge on any atom is 0.123 e. The number of thioether (sulfide) groups is 1. The minimum absolute atomic E-state index is 0.189. The molecule has 1 aliphatic heterocycles. The van der Waals surface area contributed by atoms with Gasteiger partial charge in [0, 0.05) is 16.7 Å². The highest BCUT2D eigenvalue weighted by molar-refractivity contribution is 7.99. The van der Waals surface area contributed by atoms with Crippen molar-refractivity contribution in [1.29, 1.82) is 0 Å². The van der Waals surface area contributed by atoms with Gasteiger partial charge in [-0.3, -0.25) is 0 Å². The highest BCUT2D eigenvalue weighted by Gasteiger charge is 2.24. The van der Waals surface area contributed by atoms with Crippen molar-refractivity contribution in [3.63, 3.8) is 0 Å². The molecule has 134 valence electrons. The van der Waals surface area contributed by atoms with Crippen LogP contribution in [0.15, 0.2) is 70.2 Å². The van der Waals surface area contributed by atoms with Crippen LogP contribution in [-0.2, 0) is 6.54 Å². The minimum Gasteiger partial charge on any atom is -0.497 e. The molecule has 1 unspecified atom stereocenters. The number of benzene rings is 2. The van der Waals surface area contributed by atoms with Gasteiger partial charge in [-0.1, -0.05) is 12.1 Å². The number of hydrogen-bond donors (Lipinski definition) is 0. The zero-order chi connectivity index (χ0) is 17.9. The summed E-state index contributed by atoms with van der Waals surface area (Å²) in [5.41, 5.74) is 2.18. The molecule has 26 heavy (non-hydrogen) atoms. The van der Waals surface area contributed by atoms with E-state index in [1.54, 1.807) is 37.3 Å². The molecule has 0 N–H and O–H groups in total. The van der Waals surface area contributed by atoms with Crippen LogP contribution in [0.1, 0.15) is 23.0 Å². The van der Waals surface area contributed by atoms with Crippen LogP contribution < -0.4 is 9.64 Å². The standard InChI is InChI=1S/C21H20FNO2S/c1-24-17-7-8-19-21(13-17)26-20(15-4-2-5-16(22)12-15)9-10-23(19)14-18-6-3-11-25-18/h2-8,11-13,20H,9-10,14H2,1H3. The fourth-order valence-electron chi connectivity index (χ4n) is 3.28. The number of halogens is 1. The smallest absolute Gasteiger partial charge is 0.123 e. The van der Waals surface area contributed by atoms with Gasteiger partial charge in [0.05, 0.1) is 25.6 Å². The van der Waals surface area contributed by atoms with Crippen LogP contribution >= 0.6 is 11.8 Å². The third-order valence-corrected chi connectivity index (χ3v) is 5.96. The van der Waals surface area contributed by atoms with Crippen molar-refractivity contribution in [3.8, 4) is 5.75 Å². The minimum atomic E-state index is -0.189. The molecule has 3 nitrogen and oxygen atoms in total. The average molecular weight is 369 g/mol. The number of nitrogens with zero attached hydrogens (tertiary/aromatic N) is 1. The number of methoxy groups -OCH3 is 1. The lowest BCUT2D eigenvalue weighted by molar-refractivity contribution is 0.413. The summed E-state index contributed by atoms with van der Waals surface area (Å²) in [5, 5.41) is 0.193. The largest absolute Gasteiger partial charge is 0.497 e. The predicted octanol–water partition coefficient (Wildman–Crippen LogP) is 5.67. The molecular weight excluding hydrogens is 349 g/mol. The van der Waals surface area contributed by atoms with E-state index in [0.717, 1.165) is 40.6 Å². The van der Waals surface area contributed by atoms with Gasteiger partial charge in [-0.25, -0.2) is 4.39 Å². The summed E-state index contributed by atoms with van der Waals surface area (Å²) in [5.74, 6) is 1.57. The van der Waals surface area contributed by atoms with Gasteiger partial charge in [-0.15, -0.1) is 11.8 Å². The molecule has 0 aliphatic carbocycles. The van der Waals surface area contributed by atoms with E-state index < -0.39 is 0 Å². The van der Waals surface area contributed by atoms with Crippen LogP contribution in [0.25, 0.3) is 0 Å². The Balaban J connectivity index is 1.69. The van der Waals surface area contributed by atoms with Gasteiger partial charge in [0.25, 0.3) is 0 Å². The number of rotatable bonds is 4. The highest BCUT2D eigenvalue weighted by Crippen LogP contribution is 2.46. The summed E-state index contributed by atoms with van der Waals surface area (Å²) in [7, 11) is 1.67. The van der Waals surface area contributed by atoms with Crippen molar-refractivity contribution in [2.45, 2.75) is 23.1 Å². The van der Waals surface area contributed by atoms with E-state index in [-0.39, 0.29) is 11.1 Å². The van der Waals surface area contributed by atoms with Crippen LogP contribution in [0.2, 0.25) is 0 Å². The zero-order valence-corrected chi connectivity index (χ0v) is 15.3. The maximum atomic E-state index is 13.7. The monoisotopic (exact) mass is 369 g/mol. The second-order valence-corrected chi connectivity index (χ2v) is 7.53. The van der Waals surface area contributed by atoms with Gasteiger partial charge >= 0.3 is 0 Å². The second-order valence-electron chi connectivity index (χ2n) is 6.28. The van der Waals surface area contributed by atoms with E-state index in [9.17, 15) is 4.39 Å². The van der Waals surface area contributed by atoms with Crippen molar-refractivity contribution >= 4 is 17.4 Å². The van der Waals surface area contributed by atoms with Gasteiger partial charge < -0.3 is 14.1 Å². The van der Waals surface area contributed by atoms with Gasteiger partial charge in [-0.2, -0.15) is 0 Å². The lowest BCUT2D eigenvalue weighted by Gasteiger charge is -2.23. The Labute approximate surface area is 156 Å². The van der Waals surface area contributed by atoms with Crippen LogP contribution in [-0.4, -0.2) is 13.7 Å². The van der Waals surface area contributed by atoms with E-state index in [2.05, 4.69) is 17.0 Å². The molecule has 4 rings (SSSR count). The molecule has 1 aromatic heterocycles. The summed E-state index contributed by atoms with van der Waals surface area (Å²) >= 11 is 1.77. The predicted molar refractivity (Wildman–Crippen MR) is 102 cm³/mol. The highest BCUT2D eigenvalue weighted by atomic mass is 32.2. The van der Waals surface area contributed by atoms with Gasteiger partial charge in [-0.05, 0) is 54.4 Å². The molecule has 0 amide bonds. The first-order chi connectivity index (χ1) is 12.7. The average Bonchev–Trinajstić information content (AvgIpc) is 3.10. The van der Waals surface area contributed by atoms with Gasteiger partial charge in [0.1, 0.15) is 17.3 Å². The molecule has 0 spiro atoms. The molecule has 3 aromatic rings. The quantitative estimate of drug-likeness (QED) is 0.592.